The number of carbonyl (C=O) groups is 1. The van der Waals surface area contributed by atoms with Crippen LogP contribution in [0.1, 0.15) is 33.1 Å². The third-order valence-corrected chi connectivity index (χ3v) is 7.29. The van der Waals surface area contributed by atoms with Gasteiger partial charge in [0.1, 0.15) is 11.5 Å². The van der Waals surface area contributed by atoms with Gasteiger partial charge in [-0.1, -0.05) is 18.2 Å². The van der Waals surface area contributed by atoms with E-state index in [2.05, 4.69) is 0 Å². The molecule has 0 spiro atoms. The number of rotatable bonds is 7. The number of aromatic nitrogens is 1. The highest BCUT2D eigenvalue weighted by Gasteiger charge is 2.34. The quantitative estimate of drug-likeness (QED) is 0.349. The molecular formula is C30H32N2O5. The first-order chi connectivity index (χ1) is 18.0. The van der Waals surface area contributed by atoms with Crippen molar-refractivity contribution >= 4 is 16.8 Å². The molecule has 0 saturated heterocycles. The standard InChI is InChI=1S/C30H32N2O5/c1-31-18-24(22-8-6-7-9-25(22)31)30(33)32-13-12-19-16-28(36-4)29(37-5)17-23(19)26(32)15-20-14-21(34-2)10-11-27(20)35-3/h6-11,14,16-18,26H,12-13,15H2,1-5H3. The van der Waals surface area contributed by atoms with Crippen molar-refractivity contribution in [3.8, 4) is 23.0 Å². The zero-order chi connectivity index (χ0) is 26.1. The molecule has 1 amide bonds. The fourth-order valence-electron chi connectivity index (χ4n) is 5.41. The minimum Gasteiger partial charge on any atom is -0.497 e. The van der Waals surface area contributed by atoms with E-state index in [4.69, 9.17) is 18.9 Å². The van der Waals surface area contributed by atoms with E-state index in [0.717, 1.165) is 45.5 Å². The molecule has 0 N–H and O–H groups in total. The molecule has 0 aliphatic carbocycles. The number of carbonyl (C=O) groups excluding carboxylic acids is 1. The molecule has 1 unspecified atom stereocenters. The third-order valence-electron chi connectivity index (χ3n) is 7.29. The summed E-state index contributed by atoms with van der Waals surface area (Å²) in [6.07, 6.45) is 3.21. The molecule has 7 heteroatoms. The van der Waals surface area contributed by atoms with Crippen molar-refractivity contribution in [2.75, 3.05) is 35.0 Å². The molecule has 192 valence electrons. The van der Waals surface area contributed by atoms with Gasteiger partial charge < -0.3 is 28.4 Å². The van der Waals surface area contributed by atoms with Gasteiger partial charge >= 0.3 is 0 Å². The normalized spacial score (nSPS) is 14.8. The van der Waals surface area contributed by atoms with E-state index in [1.807, 2.05) is 77.3 Å². The zero-order valence-corrected chi connectivity index (χ0v) is 21.9. The molecule has 3 aromatic carbocycles. The number of nitrogens with zero attached hydrogens (tertiary/aromatic N) is 2. The Morgan fingerprint density at radius 2 is 1.62 bits per heavy atom. The van der Waals surface area contributed by atoms with Gasteiger partial charge in [-0.25, -0.2) is 0 Å². The number of hydrogen-bond acceptors (Lipinski definition) is 5. The second-order valence-corrected chi connectivity index (χ2v) is 9.22. The summed E-state index contributed by atoms with van der Waals surface area (Å²) in [6, 6.07) is 17.6. The molecule has 7 nitrogen and oxygen atoms in total. The molecule has 1 aromatic heterocycles. The molecule has 4 aromatic rings. The predicted molar refractivity (Wildman–Crippen MR) is 143 cm³/mol. The lowest BCUT2D eigenvalue weighted by Crippen LogP contribution is -2.41. The van der Waals surface area contributed by atoms with Gasteiger partial charge in [-0.2, -0.15) is 0 Å². The topological polar surface area (TPSA) is 62.2 Å². The maximum absolute atomic E-state index is 14.2. The van der Waals surface area contributed by atoms with Crippen molar-refractivity contribution in [1.29, 1.82) is 0 Å². The van der Waals surface area contributed by atoms with Crippen LogP contribution in [0.2, 0.25) is 0 Å². The second kappa shape index (κ2) is 10.1. The van der Waals surface area contributed by atoms with Crippen LogP contribution in [0.5, 0.6) is 23.0 Å². The van der Waals surface area contributed by atoms with E-state index in [9.17, 15) is 4.79 Å². The first kappa shape index (κ1) is 24.6. The Kier molecular flexibility index (Phi) is 6.70. The summed E-state index contributed by atoms with van der Waals surface area (Å²) in [4.78, 5) is 16.2. The lowest BCUT2D eigenvalue weighted by atomic mass is 9.87. The van der Waals surface area contributed by atoms with Gasteiger partial charge in [0.2, 0.25) is 0 Å². The second-order valence-electron chi connectivity index (χ2n) is 9.22. The highest BCUT2D eigenvalue weighted by atomic mass is 16.5. The summed E-state index contributed by atoms with van der Waals surface area (Å²) in [7, 11) is 8.55. The summed E-state index contributed by atoms with van der Waals surface area (Å²) in [5, 5.41) is 0.950. The fourth-order valence-corrected chi connectivity index (χ4v) is 5.41. The van der Waals surface area contributed by atoms with E-state index in [1.165, 1.54) is 0 Å². The van der Waals surface area contributed by atoms with Gasteiger partial charge in [-0.3, -0.25) is 4.79 Å². The van der Waals surface area contributed by atoms with Gasteiger partial charge in [0.05, 0.1) is 40.0 Å². The number of aryl methyl sites for hydroxylation is 1. The van der Waals surface area contributed by atoms with Crippen LogP contribution in [-0.4, -0.2) is 50.4 Å². The van der Waals surface area contributed by atoms with Gasteiger partial charge in [-0.05, 0) is 53.9 Å². The number of fused-ring (bicyclic) bond motifs is 2. The van der Waals surface area contributed by atoms with Crippen LogP contribution in [0.25, 0.3) is 10.9 Å². The number of para-hydroxylation sites is 1. The number of benzene rings is 3. The van der Waals surface area contributed by atoms with E-state index >= 15 is 0 Å². The molecule has 0 saturated carbocycles. The van der Waals surface area contributed by atoms with Gasteiger partial charge in [0, 0.05) is 42.7 Å². The van der Waals surface area contributed by atoms with E-state index in [1.54, 1.807) is 28.4 Å². The van der Waals surface area contributed by atoms with Crippen LogP contribution in [0.4, 0.5) is 0 Å². The molecular weight excluding hydrogens is 468 g/mol. The summed E-state index contributed by atoms with van der Waals surface area (Å²) in [5.74, 6) is 2.83. The first-order valence-corrected chi connectivity index (χ1v) is 12.3. The molecule has 5 rings (SSSR count). The maximum Gasteiger partial charge on any atom is 0.256 e. The number of amides is 1. The molecule has 37 heavy (non-hydrogen) atoms. The average Bonchev–Trinajstić information content (AvgIpc) is 3.28. The van der Waals surface area contributed by atoms with Crippen LogP contribution >= 0.6 is 0 Å². The van der Waals surface area contributed by atoms with Gasteiger partial charge in [-0.15, -0.1) is 0 Å². The predicted octanol–water partition coefficient (Wildman–Crippen LogP) is 5.20. The van der Waals surface area contributed by atoms with Crippen molar-refractivity contribution in [2.45, 2.75) is 18.9 Å². The minimum absolute atomic E-state index is 0.00379. The Morgan fingerprint density at radius 3 is 2.35 bits per heavy atom. The van der Waals surface area contributed by atoms with Crippen molar-refractivity contribution in [3.63, 3.8) is 0 Å². The summed E-state index contributed by atoms with van der Waals surface area (Å²) in [5.41, 5.74) is 4.88. The van der Waals surface area contributed by atoms with Gasteiger partial charge in [0.15, 0.2) is 11.5 Å². The zero-order valence-electron chi connectivity index (χ0n) is 21.9. The Morgan fingerprint density at radius 1 is 0.892 bits per heavy atom. The minimum atomic E-state index is -0.240. The smallest absolute Gasteiger partial charge is 0.256 e. The van der Waals surface area contributed by atoms with Crippen molar-refractivity contribution in [3.05, 3.63) is 83.0 Å². The van der Waals surface area contributed by atoms with Crippen LogP contribution in [-0.2, 0) is 19.9 Å². The monoisotopic (exact) mass is 500 g/mol. The molecule has 1 aliphatic heterocycles. The Balaban J connectivity index is 1.64. The lowest BCUT2D eigenvalue weighted by molar-refractivity contribution is 0.0660. The third kappa shape index (κ3) is 4.35. The maximum atomic E-state index is 14.2. The van der Waals surface area contributed by atoms with Crippen LogP contribution < -0.4 is 18.9 Å². The van der Waals surface area contributed by atoms with Crippen LogP contribution in [0.3, 0.4) is 0 Å². The largest absolute Gasteiger partial charge is 0.497 e. The molecule has 1 atom stereocenters. The van der Waals surface area contributed by atoms with Gasteiger partial charge in [0.25, 0.3) is 5.91 Å². The SMILES string of the molecule is COc1ccc(OC)c(CC2c3cc(OC)c(OC)cc3CCN2C(=O)c2cn(C)c3ccccc23)c1. The number of ether oxygens (including phenoxy) is 4. The highest BCUT2D eigenvalue weighted by molar-refractivity contribution is 6.07. The molecule has 0 bridgehead atoms. The summed E-state index contributed by atoms with van der Waals surface area (Å²) in [6.45, 7) is 0.585. The molecule has 1 aliphatic rings. The molecule has 2 heterocycles. The van der Waals surface area contributed by atoms with Crippen LogP contribution in [0.15, 0.2) is 60.8 Å². The highest BCUT2D eigenvalue weighted by Crippen LogP contribution is 2.42. The number of hydrogen-bond donors (Lipinski definition) is 0. The van der Waals surface area contributed by atoms with E-state index in [0.29, 0.717) is 30.0 Å². The summed E-state index contributed by atoms with van der Waals surface area (Å²) < 4.78 is 24.4. The Labute approximate surface area is 217 Å². The Bertz CT molecular complexity index is 1460. The van der Waals surface area contributed by atoms with E-state index < -0.39 is 0 Å². The molecule has 0 fully saturated rings. The van der Waals surface area contributed by atoms with Crippen LogP contribution in [0, 0.1) is 0 Å². The lowest BCUT2D eigenvalue weighted by Gasteiger charge is -2.38. The fraction of sp³-hybridized carbons (Fsp3) is 0.300. The Hall–Kier alpha value is -4.13. The first-order valence-electron chi connectivity index (χ1n) is 12.3. The van der Waals surface area contributed by atoms with Crippen molar-refractivity contribution in [1.82, 2.24) is 9.47 Å². The van der Waals surface area contributed by atoms with Crippen molar-refractivity contribution < 1.29 is 23.7 Å². The number of methoxy groups -OCH3 is 4. The summed E-state index contributed by atoms with van der Waals surface area (Å²) >= 11 is 0. The van der Waals surface area contributed by atoms with E-state index in [-0.39, 0.29) is 11.9 Å². The molecule has 0 radical (unpaired) electrons. The average molecular weight is 501 g/mol. The van der Waals surface area contributed by atoms with Crippen molar-refractivity contribution in [2.24, 2.45) is 7.05 Å².